The summed E-state index contributed by atoms with van der Waals surface area (Å²) in [6, 6.07) is 5.27. The first-order valence-electron chi connectivity index (χ1n) is 6.51. The van der Waals surface area contributed by atoms with Crippen molar-refractivity contribution in [3.8, 4) is 5.75 Å². The summed E-state index contributed by atoms with van der Waals surface area (Å²) in [6.07, 6.45) is 3.13. The molecule has 0 fully saturated rings. The van der Waals surface area contributed by atoms with E-state index >= 15 is 0 Å². The van der Waals surface area contributed by atoms with Crippen LogP contribution in [0.3, 0.4) is 0 Å². The molecule has 0 aliphatic rings. The number of ether oxygens (including phenoxy) is 2. The van der Waals surface area contributed by atoms with Crippen molar-refractivity contribution >= 4 is 23.2 Å². The smallest absolute Gasteiger partial charge is 0.137 e. The average molecular weight is 306 g/mol. The fraction of sp³-hybridized carbons (Fsp3) is 0.571. The second-order valence-corrected chi connectivity index (χ2v) is 5.07. The maximum atomic E-state index is 6.01. The summed E-state index contributed by atoms with van der Waals surface area (Å²) < 4.78 is 10.6. The third-order valence-electron chi connectivity index (χ3n) is 2.60. The third-order valence-corrected chi connectivity index (χ3v) is 3.13. The molecule has 0 spiro atoms. The Bertz CT molecular complexity index is 361. The first-order chi connectivity index (χ1) is 9.24. The Hall–Kier alpha value is -0.480. The fourth-order valence-corrected chi connectivity index (χ4v) is 2.06. The van der Waals surface area contributed by atoms with Crippen LogP contribution in [0.4, 0.5) is 0 Å². The van der Waals surface area contributed by atoms with E-state index in [2.05, 4.69) is 5.32 Å². The highest BCUT2D eigenvalue weighted by Gasteiger charge is 2.01. The van der Waals surface area contributed by atoms with E-state index in [1.165, 1.54) is 0 Å². The molecular weight excluding hydrogens is 285 g/mol. The summed E-state index contributed by atoms with van der Waals surface area (Å²) >= 11 is 11.8. The highest BCUT2D eigenvalue weighted by atomic mass is 35.5. The summed E-state index contributed by atoms with van der Waals surface area (Å²) in [6.45, 7) is 3.48. The lowest BCUT2D eigenvalue weighted by Gasteiger charge is -2.08. The summed E-state index contributed by atoms with van der Waals surface area (Å²) in [7, 11) is 1.72. The molecule has 1 aromatic carbocycles. The Balaban J connectivity index is 2.01. The molecule has 1 rings (SSSR count). The molecule has 0 unspecified atom stereocenters. The fourth-order valence-electron chi connectivity index (χ4n) is 1.59. The van der Waals surface area contributed by atoms with Crippen LogP contribution in [0.2, 0.25) is 10.0 Å². The van der Waals surface area contributed by atoms with Gasteiger partial charge in [-0.15, -0.1) is 0 Å². The topological polar surface area (TPSA) is 30.5 Å². The quantitative estimate of drug-likeness (QED) is 0.667. The van der Waals surface area contributed by atoms with Gasteiger partial charge in [-0.1, -0.05) is 23.2 Å². The predicted molar refractivity (Wildman–Crippen MR) is 80.6 cm³/mol. The van der Waals surface area contributed by atoms with Crippen LogP contribution in [-0.2, 0) is 4.74 Å². The second kappa shape index (κ2) is 10.3. The van der Waals surface area contributed by atoms with Crippen molar-refractivity contribution in [1.82, 2.24) is 5.32 Å². The van der Waals surface area contributed by atoms with Gasteiger partial charge < -0.3 is 14.8 Å². The van der Waals surface area contributed by atoms with Gasteiger partial charge in [-0.3, -0.25) is 0 Å². The standard InChI is InChI=1S/C14H21Cl2NO2/c1-18-9-4-8-17-7-2-3-10-19-14-6-5-12(15)11-13(14)16/h5-6,11,17H,2-4,7-10H2,1H3. The monoisotopic (exact) mass is 305 g/mol. The summed E-state index contributed by atoms with van der Waals surface area (Å²) in [4.78, 5) is 0. The van der Waals surface area contributed by atoms with Crippen molar-refractivity contribution < 1.29 is 9.47 Å². The molecule has 0 heterocycles. The van der Waals surface area contributed by atoms with Gasteiger partial charge in [0.1, 0.15) is 5.75 Å². The largest absolute Gasteiger partial charge is 0.492 e. The molecular formula is C14H21Cl2NO2. The Morgan fingerprint density at radius 2 is 1.84 bits per heavy atom. The zero-order valence-corrected chi connectivity index (χ0v) is 12.8. The minimum Gasteiger partial charge on any atom is -0.492 e. The number of hydrogen-bond donors (Lipinski definition) is 1. The van der Waals surface area contributed by atoms with E-state index in [0.29, 0.717) is 22.4 Å². The zero-order chi connectivity index (χ0) is 13.9. The van der Waals surface area contributed by atoms with Gasteiger partial charge in [0.05, 0.1) is 11.6 Å². The van der Waals surface area contributed by atoms with Gasteiger partial charge in [-0.25, -0.2) is 0 Å². The van der Waals surface area contributed by atoms with Crippen LogP contribution in [0.5, 0.6) is 5.75 Å². The van der Waals surface area contributed by atoms with E-state index in [4.69, 9.17) is 32.7 Å². The van der Waals surface area contributed by atoms with Crippen molar-refractivity contribution in [1.29, 1.82) is 0 Å². The van der Waals surface area contributed by atoms with Gasteiger partial charge in [-0.05, 0) is 50.6 Å². The van der Waals surface area contributed by atoms with Crippen LogP contribution in [0.25, 0.3) is 0 Å². The number of methoxy groups -OCH3 is 1. The maximum Gasteiger partial charge on any atom is 0.137 e. The number of hydrogen-bond acceptors (Lipinski definition) is 3. The first kappa shape index (κ1) is 16.6. The molecule has 0 atom stereocenters. The molecule has 19 heavy (non-hydrogen) atoms. The summed E-state index contributed by atoms with van der Waals surface area (Å²) in [5.41, 5.74) is 0. The van der Waals surface area contributed by atoms with Crippen LogP contribution in [0, 0.1) is 0 Å². The molecule has 0 amide bonds. The van der Waals surface area contributed by atoms with Crippen LogP contribution in [0.1, 0.15) is 19.3 Å². The van der Waals surface area contributed by atoms with Crippen molar-refractivity contribution in [3.63, 3.8) is 0 Å². The number of halogens is 2. The van der Waals surface area contributed by atoms with E-state index in [-0.39, 0.29) is 0 Å². The molecule has 1 aromatic rings. The number of rotatable bonds is 10. The summed E-state index contributed by atoms with van der Waals surface area (Å²) in [5.74, 6) is 0.694. The van der Waals surface area contributed by atoms with Gasteiger partial charge in [0.2, 0.25) is 0 Å². The molecule has 108 valence electrons. The van der Waals surface area contributed by atoms with E-state index in [1.807, 2.05) is 0 Å². The van der Waals surface area contributed by atoms with E-state index in [9.17, 15) is 0 Å². The van der Waals surface area contributed by atoms with Crippen molar-refractivity contribution in [2.75, 3.05) is 33.4 Å². The SMILES string of the molecule is COCCCNCCCCOc1ccc(Cl)cc1Cl. The Labute approximate surface area is 125 Å². The molecule has 3 nitrogen and oxygen atoms in total. The minimum atomic E-state index is 0.560. The molecule has 0 saturated heterocycles. The van der Waals surface area contributed by atoms with Gasteiger partial charge in [0, 0.05) is 18.7 Å². The lowest BCUT2D eigenvalue weighted by molar-refractivity contribution is 0.194. The Kier molecular flexibility index (Phi) is 9.01. The molecule has 0 aromatic heterocycles. The molecule has 0 aliphatic carbocycles. The lowest BCUT2D eigenvalue weighted by Crippen LogP contribution is -2.18. The molecule has 0 saturated carbocycles. The molecule has 1 N–H and O–H groups in total. The van der Waals surface area contributed by atoms with Gasteiger partial charge in [0.15, 0.2) is 0 Å². The molecule has 5 heteroatoms. The second-order valence-electron chi connectivity index (χ2n) is 4.23. The van der Waals surface area contributed by atoms with Crippen LogP contribution < -0.4 is 10.1 Å². The van der Waals surface area contributed by atoms with Crippen molar-refractivity contribution in [2.24, 2.45) is 0 Å². The highest BCUT2D eigenvalue weighted by molar-refractivity contribution is 6.35. The lowest BCUT2D eigenvalue weighted by atomic mass is 10.3. The van der Waals surface area contributed by atoms with Crippen LogP contribution >= 0.6 is 23.2 Å². The third kappa shape index (κ3) is 7.63. The van der Waals surface area contributed by atoms with Gasteiger partial charge >= 0.3 is 0 Å². The highest BCUT2D eigenvalue weighted by Crippen LogP contribution is 2.27. The zero-order valence-electron chi connectivity index (χ0n) is 11.3. The molecule has 0 bridgehead atoms. The summed E-state index contributed by atoms with van der Waals surface area (Å²) in [5, 5.41) is 4.54. The van der Waals surface area contributed by atoms with Crippen LogP contribution in [-0.4, -0.2) is 33.4 Å². The van der Waals surface area contributed by atoms with E-state index in [1.54, 1.807) is 25.3 Å². The van der Waals surface area contributed by atoms with E-state index in [0.717, 1.165) is 39.0 Å². The van der Waals surface area contributed by atoms with Crippen molar-refractivity contribution in [3.05, 3.63) is 28.2 Å². The van der Waals surface area contributed by atoms with Crippen molar-refractivity contribution in [2.45, 2.75) is 19.3 Å². The Morgan fingerprint density at radius 3 is 2.58 bits per heavy atom. The minimum absolute atomic E-state index is 0.560. The first-order valence-corrected chi connectivity index (χ1v) is 7.27. The number of benzene rings is 1. The number of nitrogens with one attached hydrogen (secondary N) is 1. The maximum absolute atomic E-state index is 6.01. The van der Waals surface area contributed by atoms with Gasteiger partial charge in [-0.2, -0.15) is 0 Å². The Morgan fingerprint density at radius 1 is 1.05 bits per heavy atom. The predicted octanol–water partition coefficient (Wildman–Crippen LogP) is 3.78. The normalized spacial score (nSPS) is 10.7. The van der Waals surface area contributed by atoms with Gasteiger partial charge in [0.25, 0.3) is 0 Å². The number of unbranched alkanes of at least 4 members (excludes halogenated alkanes) is 1. The van der Waals surface area contributed by atoms with Crippen LogP contribution in [0.15, 0.2) is 18.2 Å². The molecule has 0 aliphatic heterocycles. The molecule has 0 radical (unpaired) electrons. The average Bonchev–Trinajstić information content (AvgIpc) is 2.39. The van der Waals surface area contributed by atoms with E-state index < -0.39 is 0 Å².